The number of rotatable bonds is 3. The largest absolute Gasteiger partial charge is 0.243 e. The molecule has 0 aliphatic carbocycles. The van der Waals surface area contributed by atoms with E-state index < -0.39 is 10.0 Å². The minimum atomic E-state index is -3.46. The van der Waals surface area contributed by atoms with Crippen molar-refractivity contribution < 1.29 is 8.42 Å². The lowest BCUT2D eigenvalue weighted by molar-refractivity contribution is 0.314. The van der Waals surface area contributed by atoms with E-state index >= 15 is 0 Å². The van der Waals surface area contributed by atoms with Crippen LogP contribution in [0.15, 0.2) is 23.1 Å². The molecule has 0 unspecified atom stereocenters. The minimum absolute atomic E-state index is 0.148. The van der Waals surface area contributed by atoms with Gasteiger partial charge in [-0.2, -0.15) is 4.31 Å². The van der Waals surface area contributed by atoms with E-state index in [0.717, 1.165) is 34.0 Å². The second-order valence-corrected chi connectivity index (χ2v) is 9.25. The number of sulfonamides is 1. The Morgan fingerprint density at radius 1 is 1.22 bits per heavy atom. The van der Waals surface area contributed by atoms with Crippen molar-refractivity contribution in [3.63, 3.8) is 0 Å². The van der Waals surface area contributed by atoms with E-state index in [1.165, 1.54) is 0 Å². The van der Waals surface area contributed by atoms with Crippen molar-refractivity contribution in [3.05, 3.63) is 39.3 Å². The van der Waals surface area contributed by atoms with Crippen molar-refractivity contribution in [2.45, 2.75) is 44.4 Å². The van der Waals surface area contributed by atoms with Crippen LogP contribution in [-0.2, 0) is 10.0 Å². The summed E-state index contributed by atoms with van der Waals surface area (Å²) < 4.78 is 27.7. The monoisotopic (exact) mass is 351 g/mol. The van der Waals surface area contributed by atoms with Gasteiger partial charge in [0.1, 0.15) is 10.0 Å². The highest BCUT2D eigenvalue weighted by molar-refractivity contribution is 7.89. The molecule has 1 aliphatic rings. The van der Waals surface area contributed by atoms with Crippen molar-refractivity contribution in [1.29, 1.82) is 0 Å². The Kier molecular flexibility index (Phi) is 4.53. The van der Waals surface area contributed by atoms with E-state index in [9.17, 15) is 8.42 Å². The third kappa shape index (κ3) is 3.32. The molecule has 1 saturated heterocycles. The lowest BCUT2D eigenvalue weighted by Gasteiger charge is -2.31. The van der Waals surface area contributed by atoms with E-state index in [-0.39, 0.29) is 5.92 Å². The Morgan fingerprint density at radius 2 is 2.00 bits per heavy atom. The van der Waals surface area contributed by atoms with Crippen LogP contribution >= 0.6 is 11.3 Å². The molecule has 0 radical (unpaired) electrons. The first kappa shape index (κ1) is 16.5. The minimum Gasteiger partial charge on any atom is -0.207 e. The summed E-state index contributed by atoms with van der Waals surface area (Å²) in [6, 6.07) is 5.58. The number of benzene rings is 1. The van der Waals surface area contributed by atoms with Gasteiger partial charge in [0.25, 0.3) is 0 Å². The standard InChI is InChI=1S/C16H21N3O2S2/c1-11-6-7-12(2)15(9-11)23(20,21)19-8-4-5-14(10-19)16-18-17-13(3)22-16/h6-7,9,14H,4-5,8,10H2,1-3H3/t14-/m1/s1. The molecule has 2 heterocycles. The van der Waals surface area contributed by atoms with Gasteiger partial charge in [-0.05, 0) is 50.8 Å². The second-order valence-electron chi connectivity index (χ2n) is 6.13. The van der Waals surface area contributed by atoms with E-state index in [2.05, 4.69) is 10.2 Å². The van der Waals surface area contributed by atoms with Gasteiger partial charge in [-0.3, -0.25) is 0 Å². The molecule has 0 saturated carbocycles. The molecule has 2 aromatic rings. The number of aryl methyl sites for hydroxylation is 3. The molecule has 1 aliphatic heterocycles. The predicted octanol–water partition coefficient (Wildman–Crippen LogP) is 3.03. The number of aromatic nitrogens is 2. The molecule has 7 heteroatoms. The molecular formula is C16H21N3O2S2. The first-order valence-corrected chi connectivity index (χ1v) is 10.0. The summed E-state index contributed by atoms with van der Waals surface area (Å²) in [5, 5.41) is 10.1. The van der Waals surface area contributed by atoms with Crippen molar-refractivity contribution in [2.24, 2.45) is 0 Å². The highest BCUT2D eigenvalue weighted by Crippen LogP contribution is 2.32. The zero-order valence-corrected chi connectivity index (χ0v) is 15.2. The van der Waals surface area contributed by atoms with Crippen molar-refractivity contribution >= 4 is 21.4 Å². The van der Waals surface area contributed by atoms with Gasteiger partial charge in [0, 0.05) is 19.0 Å². The molecule has 1 fully saturated rings. The molecule has 1 aromatic heterocycles. The maximum Gasteiger partial charge on any atom is 0.243 e. The van der Waals surface area contributed by atoms with Gasteiger partial charge in [-0.15, -0.1) is 21.5 Å². The molecule has 1 atom stereocenters. The fraction of sp³-hybridized carbons (Fsp3) is 0.500. The van der Waals surface area contributed by atoms with Gasteiger partial charge in [-0.1, -0.05) is 12.1 Å². The Labute approximate surface area is 141 Å². The third-order valence-corrected chi connectivity index (χ3v) is 7.24. The van der Waals surface area contributed by atoms with Crippen LogP contribution in [0.25, 0.3) is 0 Å². The summed E-state index contributed by atoms with van der Waals surface area (Å²) in [5.41, 5.74) is 1.76. The van der Waals surface area contributed by atoms with Crippen LogP contribution in [0.5, 0.6) is 0 Å². The molecule has 124 valence electrons. The summed E-state index contributed by atoms with van der Waals surface area (Å²) in [6.45, 7) is 6.76. The van der Waals surface area contributed by atoms with Crippen LogP contribution in [0.3, 0.4) is 0 Å². The number of piperidine rings is 1. The maximum atomic E-state index is 13.0. The van der Waals surface area contributed by atoms with E-state index in [0.29, 0.717) is 18.0 Å². The Balaban J connectivity index is 1.89. The summed E-state index contributed by atoms with van der Waals surface area (Å²) >= 11 is 1.56. The summed E-state index contributed by atoms with van der Waals surface area (Å²) in [4.78, 5) is 0.423. The van der Waals surface area contributed by atoms with Crippen LogP contribution in [-0.4, -0.2) is 36.0 Å². The lowest BCUT2D eigenvalue weighted by Crippen LogP contribution is -2.39. The topological polar surface area (TPSA) is 63.2 Å². The Morgan fingerprint density at radius 3 is 2.70 bits per heavy atom. The molecule has 5 nitrogen and oxygen atoms in total. The van der Waals surface area contributed by atoms with Crippen molar-refractivity contribution in [2.75, 3.05) is 13.1 Å². The molecular weight excluding hydrogens is 330 g/mol. The first-order chi connectivity index (χ1) is 10.9. The van der Waals surface area contributed by atoms with Crippen LogP contribution in [0.1, 0.15) is 39.9 Å². The summed E-state index contributed by atoms with van der Waals surface area (Å²) in [5.74, 6) is 0.148. The summed E-state index contributed by atoms with van der Waals surface area (Å²) in [6.07, 6.45) is 1.82. The normalized spacial score (nSPS) is 19.9. The van der Waals surface area contributed by atoms with Crippen molar-refractivity contribution in [3.8, 4) is 0 Å². The number of hydrogen-bond donors (Lipinski definition) is 0. The average molecular weight is 351 g/mol. The smallest absolute Gasteiger partial charge is 0.207 e. The van der Waals surface area contributed by atoms with Crippen molar-refractivity contribution in [1.82, 2.24) is 14.5 Å². The van der Waals surface area contributed by atoms with Gasteiger partial charge < -0.3 is 0 Å². The van der Waals surface area contributed by atoms with Crippen LogP contribution in [0.2, 0.25) is 0 Å². The zero-order valence-electron chi connectivity index (χ0n) is 13.6. The van der Waals surface area contributed by atoms with Gasteiger partial charge in [0.15, 0.2) is 0 Å². The summed E-state index contributed by atoms with van der Waals surface area (Å²) in [7, 11) is -3.46. The van der Waals surface area contributed by atoms with Gasteiger partial charge in [-0.25, -0.2) is 8.42 Å². The highest BCUT2D eigenvalue weighted by atomic mass is 32.2. The molecule has 23 heavy (non-hydrogen) atoms. The van der Waals surface area contributed by atoms with Gasteiger partial charge >= 0.3 is 0 Å². The zero-order chi connectivity index (χ0) is 16.6. The Hall–Kier alpha value is -1.31. The molecule has 0 spiro atoms. The lowest BCUT2D eigenvalue weighted by atomic mass is 10.0. The van der Waals surface area contributed by atoms with Crippen LogP contribution in [0, 0.1) is 20.8 Å². The fourth-order valence-electron chi connectivity index (χ4n) is 2.96. The predicted molar refractivity (Wildman–Crippen MR) is 91.3 cm³/mol. The molecule has 1 aromatic carbocycles. The SMILES string of the molecule is Cc1ccc(C)c(S(=O)(=O)N2CCC[C@@H](c3nnc(C)s3)C2)c1. The van der Waals surface area contributed by atoms with Gasteiger partial charge in [0.05, 0.1) is 4.90 Å². The third-order valence-electron chi connectivity index (χ3n) is 4.24. The molecule has 3 rings (SSSR count). The molecule has 0 N–H and O–H groups in total. The quantitative estimate of drug-likeness (QED) is 0.853. The Bertz CT molecular complexity index is 814. The van der Waals surface area contributed by atoms with Crippen LogP contribution in [0.4, 0.5) is 0 Å². The molecule has 0 bridgehead atoms. The van der Waals surface area contributed by atoms with E-state index in [1.807, 2.05) is 32.9 Å². The number of nitrogens with zero attached hydrogens (tertiary/aromatic N) is 3. The van der Waals surface area contributed by atoms with Crippen LogP contribution < -0.4 is 0 Å². The van der Waals surface area contributed by atoms with Gasteiger partial charge in [0.2, 0.25) is 10.0 Å². The van der Waals surface area contributed by atoms with E-state index in [4.69, 9.17) is 0 Å². The number of hydrogen-bond acceptors (Lipinski definition) is 5. The maximum absolute atomic E-state index is 13.0. The highest BCUT2D eigenvalue weighted by Gasteiger charge is 2.33. The average Bonchev–Trinajstić information content (AvgIpc) is 2.96. The first-order valence-electron chi connectivity index (χ1n) is 7.75. The second kappa shape index (κ2) is 6.30. The fourth-order valence-corrected chi connectivity index (χ4v) is 5.62. The van der Waals surface area contributed by atoms with E-state index in [1.54, 1.807) is 21.7 Å². The molecule has 0 amide bonds.